The predicted octanol–water partition coefficient (Wildman–Crippen LogP) is 5.49. The maximum absolute atomic E-state index is 13.3. The second-order valence-corrected chi connectivity index (χ2v) is 10.1. The molecule has 0 saturated carbocycles. The van der Waals surface area contributed by atoms with E-state index in [4.69, 9.17) is 9.47 Å². The number of nitrogens with one attached hydrogen (secondary N) is 1. The monoisotopic (exact) mass is 662 g/mol. The topological polar surface area (TPSA) is 111 Å². The molecule has 4 aromatic rings. The van der Waals surface area contributed by atoms with E-state index in [1.54, 1.807) is 12.1 Å². The number of hydrogen-bond donors (Lipinski definition) is 1. The van der Waals surface area contributed by atoms with E-state index in [1.807, 2.05) is 42.5 Å². The number of carbonyl (C=O) groups excluding carboxylic acids is 4. The number of nitrogens with zero attached hydrogens (tertiary/aromatic N) is 1. The molecule has 9 nitrogen and oxygen atoms in total. The van der Waals surface area contributed by atoms with Gasteiger partial charge in [-0.1, -0.05) is 42.5 Å². The largest absolute Gasteiger partial charge is 0.493 e. The first-order valence-corrected chi connectivity index (χ1v) is 13.5. The van der Waals surface area contributed by atoms with Crippen LogP contribution in [0.4, 0.5) is 10.5 Å². The van der Waals surface area contributed by atoms with Crippen LogP contribution in [-0.4, -0.2) is 38.0 Å². The Hall–Kier alpha value is -4.71. The van der Waals surface area contributed by atoms with Crippen LogP contribution in [0.25, 0.3) is 16.8 Å². The number of imide groups is 2. The fourth-order valence-corrected chi connectivity index (χ4v) is 5.24. The number of urea groups is 1. The summed E-state index contributed by atoms with van der Waals surface area (Å²) in [5.41, 5.74) is 1.70. The lowest BCUT2D eigenvalue weighted by Crippen LogP contribution is -2.54. The minimum absolute atomic E-state index is 0.183. The first kappa shape index (κ1) is 27.8. The number of benzene rings is 4. The number of esters is 1. The van der Waals surface area contributed by atoms with E-state index in [-0.39, 0.29) is 16.8 Å². The maximum Gasteiger partial charge on any atom is 0.337 e. The van der Waals surface area contributed by atoms with Crippen LogP contribution in [0, 0.1) is 3.57 Å². The number of barbiturate groups is 1. The Morgan fingerprint density at radius 2 is 1.68 bits per heavy atom. The number of anilines is 1. The van der Waals surface area contributed by atoms with Crippen LogP contribution in [0.1, 0.15) is 21.5 Å². The summed E-state index contributed by atoms with van der Waals surface area (Å²) in [7, 11) is 2.75. The zero-order valence-corrected chi connectivity index (χ0v) is 24.1. The normalized spacial score (nSPS) is 14.3. The fourth-order valence-electron chi connectivity index (χ4n) is 4.45. The van der Waals surface area contributed by atoms with E-state index in [1.165, 1.54) is 44.6 Å². The standard InChI is InChI=1S/C31H23IN2O7/c1-39-26-16-18(15-25(32)27(26)41-17-21-8-5-7-19-6-3-4-9-23(19)21)14-24-28(35)33-31(38)34(29(24)36)22-12-10-20(11-13-22)30(37)40-2/h3-16H,17H2,1-2H3,(H,33,35,38)/b24-14+. The second-order valence-electron chi connectivity index (χ2n) is 8.96. The van der Waals surface area contributed by atoms with Gasteiger partial charge in [-0.3, -0.25) is 14.9 Å². The summed E-state index contributed by atoms with van der Waals surface area (Å²) < 4.78 is 17.1. The summed E-state index contributed by atoms with van der Waals surface area (Å²) >= 11 is 2.11. The van der Waals surface area contributed by atoms with E-state index >= 15 is 0 Å². The number of hydrogen-bond acceptors (Lipinski definition) is 7. The molecule has 1 fully saturated rings. The lowest BCUT2D eigenvalue weighted by atomic mass is 10.1. The number of carbonyl (C=O) groups is 4. The molecular weight excluding hydrogens is 639 g/mol. The van der Waals surface area contributed by atoms with Gasteiger partial charge in [-0.15, -0.1) is 0 Å². The summed E-state index contributed by atoms with van der Waals surface area (Å²) in [6.45, 7) is 0.306. The third-order valence-corrected chi connectivity index (χ3v) is 7.26. The minimum atomic E-state index is -0.896. The maximum atomic E-state index is 13.3. The van der Waals surface area contributed by atoms with Gasteiger partial charge in [0.1, 0.15) is 12.2 Å². The highest BCUT2D eigenvalue weighted by atomic mass is 127. The van der Waals surface area contributed by atoms with Crippen molar-refractivity contribution in [1.29, 1.82) is 0 Å². The van der Waals surface area contributed by atoms with Crippen molar-refractivity contribution >= 4 is 68.9 Å². The highest BCUT2D eigenvalue weighted by Gasteiger charge is 2.37. The molecule has 206 valence electrons. The molecule has 1 heterocycles. The number of fused-ring (bicyclic) bond motifs is 1. The second kappa shape index (κ2) is 11.8. The summed E-state index contributed by atoms with van der Waals surface area (Å²) in [5.74, 6) is -1.26. The molecule has 1 N–H and O–H groups in total. The van der Waals surface area contributed by atoms with Crippen LogP contribution in [-0.2, 0) is 20.9 Å². The van der Waals surface area contributed by atoms with Gasteiger partial charge in [0.05, 0.1) is 29.0 Å². The third-order valence-electron chi connectivity index (χ3n) is 6.46. The van der Waals surface area contributed by atoms with Crippen molar-refractivity contribution in [3.05, 3.63) is 105 Å². The van der Waals surface area contributed by atoms with Gasteiger partial charge in [0.25, 0.3) is 11.8 Å². The molecule has 5 rings (SSSR count). The molecule has 0 atom stereocenters. The lowest BCUT2D eigenvalue weighted by molar-refractivity contribution is -0.122. The van der Waals surface area contributed by atoms with Crippen molar-refractivity contribution in [2.24, 2.45) is 0 Å². The number of rotatable bonds is 7. The van der Waals surface area contributed by atoms with Gasteiger partial charge in [-0.05, 0) is 87.0 Å². The highest BCUT2D eigenvalue weighted by Crippen LogP contribution is 2.36. The first-order chi connectivity index (χ1) is 19.8. The quantitative estimate of drug-likeness (QED) is 0.121. The number of amides is 4. The molecule has 0 aromatic heterocycles. The number of halogens is 1. The van der Waals surface area contributed by atoms with Crippen LogP contribution in [0.15, 0.2) is 84.4 Å². The molecule has 0 spiro atoms. The Morgan fingerprint density at radius 1 is 0.951 bits per heavy atom. The zero-order valence-electron chi connectivity index (χ0n) is 22.0. The zero-order chi connectivity index (χ0) is 29.1. The average Bonchev–Trinajstić information content (AvgIpc) is 2.98. The van der Waals surface area contributed by atoms with Gasteiger partial charge in [0, 0.05) is 0 Å². The smallest absolute Gasteiger partial charge is 0.337 e. The van der Waals surface area contributed by atoms with Crippen LogP contribution >= 0.6 is 22.6 Å². The van der Waals surface area contributed by atoms with Crippen LogP contribution in [0.5, 0.6) is 11.5 Å². The molecule has 0 radical (unpaired) electrons. The SMILES string of the molecule is COC(=O)c1ccc(N2C(=O)NC(=O)/C(=C\c3cc(I)c(OCc4cccc5ccccc45)c(OC)c3)C2=O)cc1. The van der Waals surface area contributed by atoms with Crippen molar-refractivity contribution in [2.75, 3.05) is 19.1 Å². The Bertz CT molecular complexity index is 1730. The molecule has 1 saturated heterocycles. The summed E-state index contributed by atoms with van der Waals surface area (Å²) in [4.78, 5) is 51.2. The minimum Gasteiger partial charge on any atom is -0.493 e. The molecule has 10 heteroatoms. The van der Waals surface area contributed by atoms with E-state index in [0.717, 1.165) is 21.2 Å². The van der Waals surface area contributed by atoms with Gasteiger partial charge in [0.15, 0.2) is 11.5 Å². The lowest BCUT2D eigenvalue weighted by Gasteiger charge is -2.26. The molecule has 1 aliphatic heterocycles. The van der Waals surface area contributed by atoms with Gasteiger partial charge < -0.3 is 14.2 Å². The van der Waals surface area contributed by atoms with Gasteiger partial charge >= 0.3 is 12.0 Å². The predicted molar refractivity (Wildman–Crippen MR) is 161 cm³/mol. The molecule has 1 aliphatic rings. The van der Waals surface area contributed by atoms with E-state index in [0.29, 0.717) is 27.2 Å². The highest BCUT2D eigenvalue weighted by molar-refractivity contribution is 14.1. The molecule has 0 unspecified atom stereocenters. The van der Waals surface area contributed by atoms with Crippen molar-refractivity contribution in [2.45, 2.75) is 6.61 Å². The number of methoxy groups -OCH3 is 2. The van der Waals surface area contributed by atoms with E-state index in [9.17, 15) is 19.2 Å². The first-order valence-electron chi connectivity index (χ1n) is 12.4. The van der Waals surface area contributed by atoms with E-state index < -0.39 is 23.8 Å². The van der Waals surface area contributed by atoms with Gasteiger partial charge in [0.2, 0.25) is 0 Å². The van der Waals surface area contributed by atoms with Gasteiger partial charge in [-0.2, -0.15) is 0 Å². The van der Waals surface area contributed by atoms with Crippen molar-refractivity contribution < 1.29 is 33.4 Å². The average molecular weight is 662 g/mol. The molecule has 4 aromatic carbocycles. The Balaban J connectivity index is 1.42. The molecule has 41 heavy (non-hydrogen) atoms. The summed E-state index contributed by atoms with van der Waals surface area (Å²) in [6.07, 6.45) is 1.39. The third kappa shape index (κ3) is 5.64. The Labute approximate surface area is 248 Å². The molecular formula is C31H23IN2O7. The summed E-state index contributed by atoms with van der Waals surface area (Å²) in [6, 6.07) is 22.3. The Morgan fingerprint density at radius 3 is 2.41 bits per heavy atom. The van der Waals surface area contributed by atoms with Crippen molar-refractivity contribution in [3.63, 3.8) is 0 Å². The van der Waals surface area contributed by atoms with Crippen molar-refractivity contribution in [1.82, 2.24) is 5.32 Å². The fraction of sp³-hybridized carbons (Fsp3) is 0.0968. The molecule has 4 amide bonds. The molecule has 0 bridgehead atoms. The van der Waals surface area contributed by atoms with E-state index in [2.05, 4.69) is 32.6 Å². The van der Waals surface area contributed by atoms with Crippen LogP contribution in [0.3, 0.4) is 0 Å². The van der Waals surface area contributed by atoms with Crippen LogP contribution in [0.2, 0.25) is 0 Å². The van der Waals surface area contributed by atoms with Crippen LogP contribution < -0.4 is 19.7 Å². The summed E-state index contributed by atoms with van der Waals surface area (Å²) in [5, 5.41) is 4.39. The van der Waals surface area contributed by atoms with Gasteiger partial charge in [-0.25, -0.2) is 14.5 Å². The molecule has 0 aliphatic carbocycles. The number of ether oxygens (including phenoxy) is 3. The Kier molecular flexibility index (Phi) is 8.02. The van der Waals surface area contributed by atoms with Crippen molar-refractivity contribution in [3.8, 4) is 11.5 Å².